The van der Waals surface area contributed by atoms with Crippen LogP contribution >= 0.6 is 11.3 Å². The molecule has 0 unspecified atom stereocenters. The van der Waals surface area contributed by atoms with Crippen molar-refractivity contribution in [2.45, 2.75) is 0 Å². The number of aromatic nitrogens is 2. The number of hydrogen-bond acceptors (Lipinski definition) is 8. The summed E-state index contributed by atoms with van der Waals surface area (Å²) < 4.78 is 1.15. The van der Waals surface area contributed by atoms with Crippen LogP contribution < -0.4 is 15.9 Å². The van der Waals surface area contributed by atoms with Crippen molar-refractivity contribution in [3.8, 4) is 0 Å². The quantitative estimate of drug-likeness (QED) is 0.534. The van der Waals surface area contributed by atoms with Gasteiger partial charge in [0.15, 0.2) is 5.13 Å². The Balaban J connectivity index is 0.000000411. The number of nitrogen functional groups attached to an aromatic ring is 1. The Morgan fingerprint density at radius 1 is 0.917 bits per heavy atom. The van der Waals surface area contributed by atoms with E-state index in [4.69, 9.17) is 5.73 Å². The van der Waals surface area contributed by atoms with E-state index < -0.39 is 23.3 Å². The smallest absolute Gasteiger partial charge is 0.543 e. The maximum atomic E-state index is 10.2. The van der Waals surface area contributed by atoms with Gasteiger partial charge in [-0.05, 0) is 24.3 Å². The zero-order valence-corrected chi connectivity index (χ0v) is 13.6. The Bertz CT molecular complexity index is 778. The van der Waals surface area contributed by atoms with Crippen molar-refractivity contribution in [2.75, 3.05) is 5.73 Å². The zero-order chi connectivity index (χ0) is 16.1. The van der Waals surface area contributed by atoms with Crippen LogP contribution in [0.4, 0.5) is 5.13 Å². The average molecular weight is 397 g/mol. The molecule has 129 valence electrons. The van der Waals surface area contributed by atoms with E-state index in [1.165, 1.54) is 17.4 Å². The summed E-state index contributed by atoms with van der Waals surface area (Å²) in [7, 11) is 0. The molecule has 3 rings (SSSR count). The van der Waals surface area contributed by atoms with Crippen LogP contribution in [0, 0.1) is 0 Å². The Morgan fingerprint density at radius 3 is 1.96 bits per heavy atom. The van der Waals surface area contributed by atoms with Crippen molar-refractivity contribution >= 4 is 38.6 Å². The standard InChI is InChI=1S/C7H6N2S.C7H5NO4.Cu.H2O/c8-7-9-5-3-1-2-4-6(5)10-7;9-6(10)4-2-1-3-5(8-4)7(11)12;;/h1-4H,(H2,8,9);1-3H,(H,9,10)(H,11,12);;1H2/q;;+2;/p-2. The second-order valence-electron chi connectivity index (χ2n) is 4.00. The van der Waals surface area contributed by atoms with Gasteiger partial charge in [0.2, 0.25) is 0 Å². The van der Waals surface area contributed by atoms with Gasteiger partial charge in [0, 0.05) is 0 Å². The Labute approximate surface area is 150 Å². The van der Waals surface area contributed by atoms with Crippen molar-refractivity contribution in [2.24, 2.45) is 0 Å². The molecule has 0 atom stereocenters. The number of carboxylic acid groups (broad SMARTS) is 2. The Morgan fingerprint density at radius 2 is 1.46 bits per heavy atom. The number of carbonyl (C=O) groups excluding carboxylic acids is 2. The van der Waals surface area contributed by atoms with Gasteiger partial charge in [0.05, 0.1) is 33.5 Å². The number of para-hydroxylation sites is 1. The summed E-state index contributed by atoms with van der Waals surface area (Å²) >= 11 is 1.52. The van der Waals surface area contributed by atoms with Crippen LogP contribution in [-0.2, 0) is 17.1 Å². The first-order valence-corrected chi connectivity index (χ1v) is 6.80. The first-order chi connectivity index (χ1) is 10.5. The predicted octanol–water partition coefficient (Wildman–Crippen LogP) is -1.14. The van der Waals surface area contributed by atoms with E-state index in [0.717, 1.165) is 22.3 Å². The molecule has 0 bridgehead atoms. The van der Waals surface area contributed by atoms with Crippen LogP contribution in [0.5, 0.6) is 0 Å². The number of hydrogen-bond donors (Lipinski definition) is 1. The van der Waals surface area contributed by atoms with Crippen molar-refractivity contribution < 1.29 is 42.3 Å². The number of nitrogens with zero attached hydrogens (tertiary/aromatic N) is 2. The maximum Gasteiger partial charge on any atom is 2.00 e. The number of benzene rings is 1. The van der Waals surface area contributed by atoms with Crippen LogP contribution in [-0.4, -0.2) is 27.4 Å². The molecule has 1 radical (unpaired) electrons. The predicted molar refractivity (Wildman–Crippen MR) is 80.5 cm³/mol. The van der Waals surface area contributed by atoms with Crippen LogP contribution in [0.15, 0.2) is 42.5 Å². The summed E-state index contributed by atoms with van der Waals surface area (Å²) in [5.74, 6) is -3.03. The third-order valence-corrected chi connectivity index (χ3v) is 3.34. The number of thiazole rings is 1. The van der Waals surface area contributed by atoms with Crippen LogP contribution in [0.2, 0.25) is 0 Å². The topological polar surface area (TPSA) is 164 Å². The molecule has 4 N–H and O–H groups in total. The van der Waals surface area contributed by atoms with Crippen LogP contribution in [0.25, 0.3) is 10.2 Å². The molecule has 0 amide bonds. The third kappa shape index (κ3) is 5.60. The molecule has 24 heavy (non-hydrogen) atoms. The van der Waals surface area contributed by atoms with Crippen LogP contribution in [0.1, 0.15) is 21.0 Å². The summed E-state index contributed by atoms with van der Waals surface area (Å²) in [4.78, 5) is 27.7. The monoisotopic (exact) mass is 396 g/mol. The summed E-state index contributed by atoms with van der Waals surface area (Å²) in [6.45, 7) is 0. The molecule has 0 aliphatic rings. The fraction of sp³-hybridized carbons (Fsp3) is 0. The molecule has 0 aliphatic heterocycles. The van der Waals surface area contributed by atoms with Gasteiger partial charge in [-0.25, -0.2) is 9.97 Å². The Hall–Kier alpha value is -2.52. The molecular weight excluding hydrogens is 386 g/mol. The fourth-order valence-electron chi connectivity index (χ4n) is 1.55. The van der Waals surface area contributed by atoms with Gasteiger partial charge in [0.25, 0.3) is 0 Å². The number of rotatable bonds is 2. The molecule has 10 heteroatoms. The SMILES string of the molecule is Nc1nc2ccccc2s1.O.O=C([O-])c1cccc(C(=O)[O-])n1.[Cu+2]. The molecular formula is C14H11CuN3O5S. The minimum atomic E-state index is -1.52. The van der Waals surface area contributed by atoms with E-state index in [1.54, 1.807) is 0 Å². The van der Waals surface area contributed by atoms with E-state index in [0.29, 0.717) is 5.13 Å². The second kappa shape index (κ2) is 9.58. The van der Waals surface area contributed by atoms with Crippen molar-refractivity contribution in [3.05, 3.63) is 53.9 Å². The average Bonchev–Trinajstić information content (AvgIpc) is 2.88. The van der Waals surface area contributed by atoms with E-state index >= 15 is 0 Å². The first-order valence-electron chi connectivity index (χ1n) is 5.98. The van der Waals surface area contributed by atoms with Crippen molar-refractivity contribution in [1.29, 1.82) is 0 Å². The molecule has 2 aromatic heterocycles. The van der Waals surface area contributed by atoms with Gasteiger partial charge in [-0.15, -0.1) is 0 Å². The zero-order valence-electron chi connectivity index (χ0n) is 11.9. The number of carbonyl (C=O) groups is 2. The molecule has 8 nitrogen and oxygen atoms in total. The molecule has 0 aliphatic carbocycles. The third-order valence-electron chi connectivity index (χ3n) is 2.48. The largest absolute Gasteiger partial charge is 2.00 e. The number of carboxylic acids is 2. The van der Waals surface area contributed by atoms with Gasteiger partial charge in [0.1, 0.15) is 0 Å². The first kappa shape index (κ1) is 21.5. The number of aromatic carboxylic acids is 2. The van der Waals surface area contributed by atoms with Gasteiger partial charge in [-0.1, -0.05) is 29.5 Å². The fourth-order valence-corrected chi connectivity index (χ4v) is 2.29. The van der Waals surface area contributed by atoms with Gasteiger partial charge >= 0.3 is 17.1 Å². The molecule has 3 aromatic rings. The number of anilines is 1. The van der Waals surface area contributed by atoms with E-state index in [1.807, 2.05) is 24.3 Å². The van der Waals surface area contributed by atoms with Crippen LogP contribution in [0.3, 0.4) is 0 Å². The second-order valence-corrected chi connectivity index (χ2v) is 5.07. The molecule has 0 saturated carbocycles. The molecule has 0 spiro atoms. The maximum absolute atomic E-state index is 10.2. The summed E-state index contributed by atoms with van der Waals surface area (Å²) in [5, 5.41) is 21.0. The van der Waals surface area contributed by atoms with E-state index in [-0.39, 0.29) is 22.5 Å². The molecule has 1 aromatic carbocycles. The van der Waals surface area contributed by atoms with Crippen molar-refractivity contribution in [3.63, 3.8) is 0 Å². The normalized spacial score (nSPS) is 9.00. The molecule has 0 saturated heterocycles. The van der Waals surface area contributed by atoms with Gasteiger partial charge in [-0.2, -0.15) is 0 Å². The van der Waals surface area contributed by atoms with Crippen molar-refractivity contribution in [1.82, 2.24) is 9.97 Å². The number of nitrogens with two attached hydrogens (primary N) is 1. The van der Waals surface area contributed by atoms with Gasteiger partial charge in [-0.3, -0.25) is 0 Å². The number of pyridine rings is 1. The Kier molecular flexibility index (Phi) is 8.57. The summed E-state index contributed by atoms with van der Waals surface area (Å²) in [6.07, 6.45) is 0. The molecule has 2 heterocycles. The minimum absolute atomic E-state index is 0. The van der Waals surface area contributed by atoms with E-state index in [9.17, 15) is 19.8 Å². The summed E-state index contributed by atoms with van der Waals surface area (Å²) in [6, 6.07) is 11.5. The molecule has 0 fully saturated rings. The number of fused-ring (bicyclic) bond motifs is 1. The van der Waals surface area contributed by atoms with E-state index in [2.05, 4.69) is 9.97 Å². The minimum Gasteiger partial charge on any atom is -0.543 e. The summed E-state index contributed by atoms with van der Waals surface area (Å²) in [5.41, 5.74) is 5.65. The van der Waals surface area contributed by atoms with Gasteiger partial charge < -0.3 is 31.0 Å².